The van der Waals surface area contributed by atoms with Gasteiger partial charge in [0.25, 0.3) is 0 Å². The van der Waals surface area contributed by atoms with Crippen molar-refractivity contribution < 1.29 is 18.7 Å². The summed E-state index contributed by atoms with van der Waals surface area (Å²) in [6.07, 6.45) is 0.638. The summed E-state index contributed by atoms with van der Waals surface area (Å²) in [4.78, 5) is 13.4. The highest BCUT2D eigenvalue weighted by molar-refractivity contribution is 5.74. The first-order valence-electron chi connectivity index (χ1n) is 7.69. The maximum absolute atomic E-state index is 13.7. The zero-order valence-corrected chi connectivity index (χ0v) is 13.3. The molecule has 3 rings (SSSR count). The number of carboxylic acid groups (broad SMARTS) is 1. The molecule has 1 aliphatic rings. The van der Waals surface area contributed by atoms with Gasteiger partial charge in [-0.1, -0.05) is 12.1 Å². The molecule has 1 aromatic carbocycles. The third-order valence-electron chi connectivity index (χ3n) is 4.64. The number of aliphatic carboxylic acids is 1. The van der Waals surface area contributed by atoms with Gasteiger partial charge in [0, 0.05) is 12.1 Å². The Kier molecular flexibility index (Phi) is 3.98. The highest BCUT2D eigenvalue weighted by atomic mass is 19.1. The predicted molar refractivity (Wildman–Crippen MR) is 84.5 cm³/mol. The third-order valence-corrected chi connectivity index (χ3v) is 4.64. The van der Waals surface area contributed by atoms with Gasteiger partial charge in [0.05, 0.1) is 12.0 Å². The van der Waals surface area contributed by atoms with E-state index < -0.39 is 11.4 Å². The zero-order chi connectivity index (χ0) is 16.6. The molecule has 0 amide bonds. The van der Waals surface area contributed by atoms with Crippen LogP contribution in [0.1, 0.15) is 24.7 Å². The van der Waals surface area contributed by atoms with Gasteiger partial charge in [0.1, 0.15) is 17.3 Å². The van der Waals surface area contributed by atoms with Crippen molar-refractivity contribution in [3.63, 3.8) is 0 Å². The summed E-state index contributed by atoms with van der Waals surface area (Å²) >= 11 is 0. The second kappa shape index (κ2) is 5.81. The van der Waals surface area contributed by atoms with Crippen LogP contribution in [0.4, 0.5) is 4.39 Å². The van der Waals surface area contributed by atoms with Crippen LogP contribution >= 0.6 is 0 Å². The van der Waals surface area contributed by atoms with Crippen molar-refractivity contribution in [3.8, 4) is 11.3 Å². The zero-order valence-electron chi connectivity index (χ0n) is 13.3. The molecule has 122 valence electrons. The lowest BCUT2D eigenvalue weighted by molar-refractivity contribution is -0.147. The van der Waals surface area contributed by atoms with Crippen LogP contribution in [-0.2, 0) is 11.3 Å². The molecule has 5 heteroatoms. The maximum atomic E-state index is 13.7. The van der Waals surface area contributed by atoms with Crippen LogP contribution in [0.25, 0.3) is 11.3 Å². The standard InChI is InChI=1S/C18H20FNO3/c1-12-14(4-3-5-15(12)19)16-7-6-13(23-16)10-20-9-8-18(2,11-20)17(21)22/h3-7H,8-11H2,1-2H3,(H,21,22). The van der Waals surface area contributed by atoms with Crippen molar-refractivity contribution in [2.24, 2.45) is 5.41 Å². The molecule has 0 saturated carbocycles. The van der Waals surface area contributed by atoms with E-state index in [9.17, 15) is 14.3 Å². The summed E-state index contributed by atoms with van der Waals surface area (Å²) in [5.41, 5.74) is 0.621. The molecule has 2 heterocycles. The minimum Gasteiger partial charge on any atom is -0.481 e. The van der Waals surface area contributed by atoms with Crippen molar-refractivity contribution in [2.75, 3.05) is 13.1 Å². The summed E-state index contributed by atoms with van der Waals surface area (Å²) < 4.78 is 19.5. The normalized spacial score (nSPS) is 21.7. The fourth-order valence-corrected chi connectivity index (χ4v) is 3.07. The minimum atomic E-state index is -0.754. The van der Waals surface area contributed by atoms with E-state index in [1.807, 2.05) is 18.2 Å². The van der Waals surface area contributed by atoms with Gasteiger partial charge in [-0.3, -0.25) is 9.69 Å². The second-order valence-electron chi connectivity index (χ2n) is 6.50. The molecule has 2 aromatic rings. The third kappa shape index (κ3) is 3.01. The number of carboxylic acids is 1. The van der Waals surface area contributed by atoms with E-state index in [0.717, 1.165) is 17.9 Å². The molecular weight excluding hydrogens is 297 g/mol. The van der Waals surface area contributed by atoms with Crippen LogP contribution in [0, 0.1) is 18.2 Å². The minimum absolute atomic E-state index is 0.253. The smallest absolute Gasteiger partial charge is 0.310 e. The Morgan fingerprint density at radius 3 is 2.87 bits per heavy atom. The summed E-state index contributed by atoms with van der Waals surface area (Å²) in [7, 11) is 0. The average Bonchev–Trinajstić information content (AvgIpc) is 3.10. The van der Waals surface area contributed by atoms with Gasteiger partial charge >= 0.3 is 5.97 Å². The monoisotopic (exact) mass is 317 g/mol. The molecule has 23 heavy (non-hydrogen) atoms. The molecule has 1 aliphatic heterocycles. The van der Waals surface area contributed by atoms with E-state index in [1.165, 1.54) is 6.07 Å². The Morgan fingerprint density at radius 2 is 2.17 bits per heavy atom. The van der Waals surface area contributed by atoms with Gasteiger partial charge in [-0.2, -0.15) is 0 Å². The van der Waals surface area contributed by atoms with E-state index >= 15 is 0 Å². The van der Waals surface area contributed by atoms with Crippen LogP contribution in [0.3, 0.4) is 0 Å². The number of benzene rings is 1. The summed E-state index contributed by atoms with van der Waals surface area (Å²) in [6, 6.07) is 8.64. The molecule has 0 aliphatic carbocycles. The van der Waals surface area contributed by atoms with E-state index in [1.54, 1.807) is 19.9 Å². The lowest BCUT2D eigenvalue weighted by Crippen LogP contribution is -2.31. The highest BCUT2D eigenvalue weighted by Crippen LogP contribution is 2.32. The molecule has 1 saturated heterocycles. The van der Waals surface area contributed by atoms with Gasteiger partial charge in [-0.15, -0.1) is 0 Å². The van der Waals surface area contributed by atoms with Crippen molar-refractivity contribution in [2.45, 2.75) is 26.8 Å². The molecule has 4 nitrogen and oxygen atoms in total. The van der Waals surface area contributed by atoms with Crippen molar-refractivity contribution in [3.05, 3.63) is 47.5 Å². The Morgan fingerprint density at radius 1 is 1.39 bits per heavy atom. The molecular formula is C18H20FNO3. The van der Waals surface area contributed by atoms with Crippen LogP contribution in [0.2, 0.25) is 0 Å². The SMILES string of the molecule is Cc1c(F)cccc1-c1ccc(CN2CCC(C)(C(=O)O)C2)o1. The lowest BCUT2D eigenvalue weighted by Gasteiger charge is -2.19. The number of hydrogen-bond donors (Lipinski definition) is 1. The summed E-state index contributed by atoms with van der Waals surface area (Å²) in [5, 5.41) is 9.28. The highest BCUT2D eigenvalue weighted by Gasteiger charge is 2.40. The number of hydrogen-bond acceptors (Lipinski definition) is 3. The Labute approximate surface area is 134 Å². The number of furan rings is 1. The molecule has 0 radical (unpaired) electrons. The van der Waals surface area contributed by atoms with Crippen molar-refractivity contribution in [1.82, 2.24) is 4.90 Å². The van der Waals surface area contributed by atoms with Gasteiger partial charge in [-0.25, -0.2) is 4.39 Å². The van der Waals surface area contributed by atoms with Crippen molar-refractivity contribution in [1.29, 1.82) is 0 Å². The maximum Gasteiger partial charge on any atom is 0.310 e. The Balaban J connectivity index is 1.74. The first-order chi connectivity index (χ1) is 10.9. The van der Waals surface area contributed by atoms with Gasteiger partial charge < -0.3 is 9.52 Å². The molecule has 0 bridgehead atoms. The molecule has 1 fully saturated rings. The lowest BCUT2D eigenvalue weighted by atomic mass is 9.90. The van der Waals surface area contributed by atoms with Crippen LogP contribution in [0.15, 0.2) is 34.7 Å². The average molecular weight is 317 g/mol. The van der Waals surface area contributed by atoms with E-state index in [0.29, 0.717) is 30.8 Å². The number of nitrogens with zero attached hydrogens (tertiary/aromatic N) is 1. The quantitative estimate of drug-likeness (QED) is 0.934. The molecule has 1 unspecified atom stereocenters. The first kappa shape index (κ1) is 15.7. The fraction of sp³-hybridized carbons (Fsp3) is 0.389. The van der Waals surface area contributed by atoms with Crippen molar-refractivity contribution >= 4 is 5.97 Å². The number of halogens is 1. The van der Waals surface area contributed by atoms with E-state index in [-0.39, 0.29) is 5.82 Å². The van der Waals surface area contributed by atoms with Gasteiger partial charge in [0.15, 0.2) is 0 Å². The Hall–Kier alpha value is -2.14. The fourth-order valence-electron chi connectivity index (χ4n) is 3.07. The molecule has 0 spiro atoms. The van der Waals surface area contributed by atoms with E-state index in [2.05, 4.69) is 4.90 Å². The topological polar surface area (TPSA) is 53.7 Å². The Bertz CT molecular complexity index is 740. The summed E-state index contributed by atoms with van der Waals surface area (Å²) in [6.45, 7) is 5.32. The largest absolute Gasteiger partial charge is 0.481 e. The van der Waals surface area contributed by atoms with Crippen LogP contribution in [-0.4, -0.2) is 29.1 Å². The van der Waals surface area contributed by atoms with Gasteiger partial charge in [-0.05, 0) is 50.6 Å². The number of rotatable bonds is 4. The van der Waals surface area contributed by atoms with Crippen LogP contribution < -0.4 is 0 Å². The number of carbonyl (C=O) groups is 1. The molecule has 1 atom stereocenters. The van der Waals surface area contributed by atoms with Gasteiger partial charge in [0.2, 0.25) is 0 Å². The number of likely N-dealkylation sites (tertiary alicyclic amines) is 1. The summed E-state index contributed by atoms with van der Waals surface area (Å²) in [5.74, 6) is 0.392. The predicted octanol–water partition coefficient (Wildman–Crippen LogP) is 3.69. The second-order valence-corrected chi connectivity index (χ2v) is 6.50. The van der Waals surface area contributed by atoms with E-state index in [4.69, 9.17) is 4.42 Å². The first-order valence-corrected chi connectivity index (χ1v) is 7.69. The molecule has 1 aromatic heterocycles. The van der Waals surface area contributed by atoms with Crippen LogP contribution in [0.5, 0.6) is 0 Å². The molecule has 1 N–H and O–H groups in total.